The Hall–Kier alpha value is -2.75. The predicted molar refractivity (Wildman–Crippen MR) is 101 cm³/mol. The maximum Gasteiger partial charge on any atom is 0.446 e. The average molecular weight is 410 g/mol. The molecule has 0 bridgehead atoms. The summed E-state index contributed by atoms with van der Waals surface area (Å²) in [5.41, 5.74) is 3.47. The number of aromatic nitrogens is 3. The van der Waals surface area contributed by atoms with Crippen LogP contribution in [-0.2, 0) is 11.8 Å². The number of nitrogens with two attached hydrogens (primary N) is 1. The van der Waals surface area contributed by atoms with Crippen molar-refractivity contribution >= 4 is 34.6 Å². The molecule has 0 saturated carbocycles. The van der Waals surface area contributed by atoms with Gasteiger partial charge in [0.2, 0.25) is 0 Å². The lowest BCUT2D eigenvalue weighted by Crippen LogP contribution is -2.11. The summed E-state index contributed by atoms with van der Waals surface area (Å²) in [4.78, 5) is 21.1. The molecule has 2 N–H and O–H groups in total. The first kappa shape index (κ1) is 20.0. The van der Waals surface area contributed by atoms with Crippen molar-refractivity contribution in [3.05, 3.63) is 35.4 Å². The number of fused-ring (bicyclic) bond motifs is 1. The number of esters is 1. The molecule has 0 aliphatic heterocycles. The van der Waals surface area contributed by atoms with Crippen molar-refractivity contribution < 1.29 is 22.7 Å². The van der Waals surface area contributed by atoms with E-state index >= 15 is 0 Å². The largest absolute Gasteiger partial charge is 0.462 e. The van der Waals surface area contributed by atoms with Gasteiger partial charge in [0, 0.05) is 11.9 Å². The second kappa shape index (κ2) is 7.34. The Morgan fingerprint density at radius 1 is 1.29 bits per heavy atom. The van der Waals surface area contributed by atoms with Crippen LogP contribution in [0.5, 0.6) is 0 Å². The first-order valence-corrected chi connectivity index (χ1v) is 9.09. The fourth-order valence-corrected chi connectivity index (χ4v) is 3.32. The van der Waals surface area contributed by atoms with Crippen LogP contribution in [-0.4, -0.2) is 32.6 Å². The number of rotatable bonds is 4. The molecule has 0 aliphatic carbocycles. The van der Waals surface area contributed by atoms with Gasteiger partial charge in [0.25, 0.3) is 0 Å². The SMILES string of the molecule is CCOC(=O)c1cc(C)c(N)nc1-c1nc2cc(SC(F)(F)F)ccc2n1C. The van der Waals surface area contributed by atoms with Crippen LogP contribution >= 0.6 is 11.8 Å². The Bertz CT molecular complexity index is 1060. The van der Waals surface area contributed by atoms with Gasteiger partial charge in [-0.25, -0.2) is 14.8 Å². The van der Waals surface area contributed by atoms with Crippen LogP contribution in [0.2, 0.25) is 0 Å². The summed E-state index contributed by atoms with van der Waals surface area (Å²) in [5, 5.41) is 0. The molecule has 0 atom stereocenters. The van der Waals surface area contributed by atoms with E-state index < -0.39 is 11.5 Å². The monoisotopic (exact) mass is 410 g/mol. The maximum absolute atomic E-state index is 12.6. The van der Waals surface area contributed by atoms with Crippen LogP contribution in [0, 0.1) is 6.92 Å². The first-order chi connectivity index (χ1) is 13.1. The Morgan fingerprint density at radius 2 is 2.00 bits per heavy atom. The zero-order chi connectivity index (χ0) is 20.6. The molecule has 2 aromatic heterocycles. The van der Waals surface area contributed by atoms with Crippen LogP contribution in [0.25, 0.3) is 22.6 Å². The molecule has 3 rings (SSSR count). The van der Waals surface area contributed by atoms with E-state index in [1.54, 1.807) is 37.6 Å². The molecule has 0 radical (unpaired) electrons. The third kappa shape index (κ3) is 3.91. The van der Waals surface area contributed by atoms with E-state index in [4.69, 9.17) is 10.5 Å². The number of nitrogens with zero attached hydrogens (tertiary/aromatic N) is 3. The highest BCUT2D eigenvalue weighted by Crippen LogP contribution is 2.38. The highest BCUT2D eigenvalue weighted by atomic mass is 32.2. The molecule has 0 saturated heterocycles. The summed E-state index contributed by atoms with van der Waals surface area (Å²) < 4.78 is 44.7. The molecule has 6 nitrogen and oxygen atoms in total. The predicted octanol–water partition coefficient (Wildman–Crippen LogP) is 4.31. The number of pyridine rings is 1. The van der Waals surface area contributed by atoms with E-state index in [9.17, 15) is 18.0 Å². The topological polar surface area (TPSA) is 83.0 Å². The van der Waals surface area contributed by atoms with Crippen molar-refractivity contribution in [2.75, 3.05) is 12.3 Å². The molecule has 148 valence electrons. The lowest BCUT2D eigenvalue weighted by Gasteiger charge is -2.11. The van der Waals surface area contributed by atoms with Crippen LogP contribution in [0.15, 0.2) is 29.2 Å². The molecule has 0 fully saturated rings. The van der Waals surface area contributed by atoms with Crippen molar-refractivity contribution in [1.82, 2.24) is 14.5 Å². The summed E-state index contributed by atoms with van der Waals surface area (Å²) in [7, 11) is 1.69. The van der Waals surface area contributed by atoms with E-state index in [0.717, 1.165) is 0 Å². The number of carbonyl (C=O) groups is 1. The Labute approximate surface area is 162 Å². The van der Waals surface area contributed by atoms with Gasteiger partial charge in [0.05, 0.1) is 23.2 Å². The third-order valence-electron chi connectivity index (χ3n) is 4.05. The number of hydrogen-bond donors (Lipinski definition) is 1. The number of hydrogen-bond acceptors (Lipinski definition) is 6. The number of carbonyl (C=O) groups excluding carboxylic acids is 1. The van der Waals surface area contributed by atoms with Gasteiger partial charge < -0.3 is 15.0 Å². The summed E-state index contributed by atoms with van der Waals surface area (Å²) in [6.07, 6.45) is 0. The van der Waals surface area contributed by atoms with Gasteiger partial charge in [-0.1, -0.05) is 0 Å². The summed E-state index contributed by atoms with van der Waals surface area (Å²) >= 11 is -0.213. The maximum atomic E-state index is 12.6. The van der Waals surface area contributed by atoms with Gasteiger partial charge in [0.15, 0.2) is 5.82 Å². The minimum atomic E-state index is -4.39. The number of ether oxygens (including phenoxy) is 1. The number of thioether (sulfide) groups is 1. The van der Waals surface area contributed by atoms with Gasteiger partial charge >= 0.3 is 11.5 Å². The zero-order valence-corrected chi connectivity index (χ0v) is 16.1. The van der Waals surface area contributed by atoms with Gasteiger partial charge in [-0.3, -0.25) is 0 Å². The number of alkyl halides is 3. The minimum absolute atomic E-state index is 0.0200. The van der Waals surface area contributed by atoms with E-state index in [1.807, 2.05) is 0 Å². The molecule has 0 aliphatic rings. The number of aryl methyl sites for hydroxylation is 2. The highest BCUT2D eigenvalue weighted by molar-refractivity contribution is 8.00. The normalized spacial score (nSPS) is 11.8. The summed E-state index contributed by atoms with van der Waals surface area (Å²) in [6, 6.07) is 5.83. The van der Waals surface area contributed by atoms with Crippen molar-refractivity contribution in [3.63, 3.8) is 0 Å². The average Bonchev–Trinajstić information content (AvgIpc) is 2.91. The molecule has 2 heterocycles. The van der Waals surface area contributed by atoms with Crippen molar-refractivity contribution in [2.45, 2.75) is 24.3 Å². The number of halogens is 3. The molecule has 1 aromatic carbocycles. The fourth-order valence-electron chi connectivity index (χ4n) is 2.75. The lowest BCUT2D eigenvalue weighted by atomic mass is 10.1. The van der Waals surface area contributed by atoms with Gasteiger partial charge in [-0.2, -0.15) is 13.2 Å². The number of nitrogen functional groups attached to an aromatic ring is 1. The van der Waals surface area contributed by atoms with Crippen LogP contribution in [0.3, 0.4) is 0 Å². The van der Waals surface area contributed by atoms with E-state index in [1.165, 1.54) is 12.1 Å². The van der Waals surface area contributed by atoms with Crippen LogP contribution in [0.4, 0.5) is 19.0 Å². The molecule has 28 heavy (non-hydrogen) atoms. The van der Waals surface area contributed by atoms with Crippen molar-refractivity contribution in [1.29, 1.82) is 0 Å². The van der Waals surface area contributed by atoms with E-state index in [0.29, 0.717) is 22.4 Å². The van der Waals surface area contributed by atoms with Gasteiger partial charge in [-0.15, -0.1) is 0 Å². The summed E-state index contributed by atoms with van der Waals surface area (Å²) in [5.74, 6) is -0.0456. The Balaban J connectivity index is 2.17. The minimum Gasteiger partial charge on any atom is -0.462 e. The lowest BCUT2D eigenvalue weighted by molar-refractivity contribution is -0.0328. The molecule has 0 spiro atoms. The van der Waals surface area contributed by atoms with Crippen molar-refractivity contribution in [3.8, 4) is 11.5 Å². The standard InChI is InChI=1S/C18H17F3N4O2S/c1-4-27-17(26)11-7-9(2)15(22)24-14(11)16-23-12-8-10(28-18(19,20)21)5-6-13(12)25(16)3/h5-8H,4H2,1-3H3,(H2,22,24). The second-order valence-electron chi connectivity index (χ2n) is 6.00. The van der Waals surface area contributed by atoms with Crippen LogP contribution < -0.4 is 5.73 Å². The van der Waals surface area contributed by atoms with Gasteiger partial charge in [0.1, 0.15) is 11.5 Å². The first-order valence-electron chi connectivity index (χ1n) is 8.27. The van der Waals surface area contributed by atoms with E-state index in [2.05, 4.69) is 9.97 Å². The Kier molecular flexibility index (Phi) is 5.24. The van der Waals surface area contributed by atoms with Crippen molar-refractivity contribution in [2.24, 2.45) is 7.05 Å². The van der Waals surface area contributed by atoms with Crippen LogP contribution in [0.1, 0.15) is 22.8 Å². The quantitative estimate of drug-likeness (QED) is 0.510. The molecule has 10 heteroatoms. The smallest absolute Gasteiger partial charge is 0.446 e. The second-order valence-corrected chi connectivity index (χ2v) is 7.14. The summed E-state index contributed by atoms with van der Waals surface area (Å²) in [6.45, 7) is 3.58. The number of benzene rings is 1. The molecule has 3 aromatic rings. The number of anilines is 1. The molecular formula is C18H17F3N4O2S. The van der Waals surface area contributed by atoms with Gasteiger partial charge in [-0.05, 0) is 55.4 Å². The van der Waals surface area contributed by atoms with E-state index in [-0.39, 0.29) is 40.3 Å². The third-order valence-corrected chi connectivity index (χ3v) is 4.77. The fraction of sp³-hybridized carbons (Fsp3) is 0.278. The Morgan fingerprint density at radius 3 is 2.64 bits per heavy atom. The molecular weight excluding hydrogens is 393 g/mol. The zero-order valence-electron chi connectivity index (χ0n) is 15.3. The molecule has 0 unspecified atom stereocenters. The molecule has 0 amide bonds. The number of imidazole rings is 1. The highest BCUT2D eigenvalue weighted by Gasteiger charge is 2.29.